The molecule has 4 rings (SSSR count). The first kappa shape index (κ1) is 14.0. The van der Waals surface area contributed by atoms with Crippen LogP contribution in [0.5, 0.6) is 5.75 Å². The maximum atomic E-state index is 6.28. The molecule has 0 spiro atoms. The molecule has 0 unspecified atom stereocenters. The first-order valence-corrected chi connectivity index (χ1v) is 8.28. The summed E-state index contributed by atoms with van der Waals surface area (Å²) in [6.45, 7) is 0. The van der Waals surface area contributed by atoms with Crippen molar-refractivity contribution < 1.29 is 4.74 Å². The molecule has 3 nitrogen and oxygen atoms in total. The predicted molar refractivity (Wildman–Crippen MR) is 88.3 cm³/mol. The Labute approximate surface area is 135 Å². The van der Waals surface area contributed by atoms with Gasteiger partial charge < -0.3 is 10.1 Å². The predicted octanol–water partition coefficient (Wildman–Crippen LogP) is 4.06. The number of hydrogen-bond donors (Lipinski definition) is 1. The maximum Gasteiger partial charge on any atom is 0.121 e. The summed E-state index contributed by atoms with van der Waals surface area (Å²) in [5.41, 5.74) is 2.18. The molecule has 2 fully saturated rings. The normalized spacial score (nSPS) is 26.9. The zero-order chi connectivity index (χ0) is 14.9. The molecule has 2 aromatic rings. The van der Waals surface area contributed by atoms with Gasteiger partial charge in [0.05, 0.1) is 0 Å². The van der Waals surface area contributed by atoms with E-state index in [4.69, 9.17) is 16.3 Å². The van der Waals surface area contributed by atoms with Crippen molar-refractivity contribution in [2.75, 3.05) is 0 Å². The highest BCUT2D eigenvalue weighted by Gasteiger charge is 2.34. The van der Waals surface area contributed by atoms with E-state index in [1.165, 1.54) is 12.8 Å². The highest BCUT2D eigenvalue weighted by Crippen LogP contribution is 2.33. The Balaban J connectivity index is 1.56. The van der Waals surface area contributed by atoms with Crippen molar-refractivity contribution in [3.05, 3.63) is 47.7 Å². The Morgan fingerprint density at radius 1 is 1.00 bits per heavy atom. The van der Waals surface area contributed by atoms with Crippen LogP contribution in [0, 0.1) is 0 Å². The van der Waals surface area contributed by atoms with E-state index in [-0.39, 0.29) is 0 Å². The topological polar surface area (TPSA) is 34.1 Å². The molecule has 1 aromatic carbocycles. The van der Waals surface area contributed by atoms with Crippen molar-refractivity contribution in [3.8, 4) is 16.9 Å². The summed E-state index contributed by atoms with van der Waals surface area (Å²) in [7, 11) is 0. The monoisotopic (exact) mass is 314 g/mol. The molecular weight excluding hydrogens is 296 g/mol. The SMILES string of the molecule is Clc1cc(O[C@@H]2C[C@H]3CC[C@@H](C2)N3)cc(-c2ccncc2)c1. The Bertz CT molecular complexity index is 649. The number of ether oxygens (including phenoxy) is 1. The third-order valence-corrected chi connectivity index (χ3v) is 4.84. The molecular formula is C18H19ClN2O. The Morgan fingerprint density at radius 3 is 2.45 bits per heavy atom. The average molecular weight is 315 g/mol. The number of piperidine rings is 1. The molecule has 22 heavy (non-hydrogen) atoms. The molecule has 0 aliphatic carbocycles. The molecule has 1 N–H and O–H groups in total. The maximum absolute atomic E-state index is 6.28. The third-order valence-electron chi connectivity index (χ3n) is 4.62. The van der Waals surface area contributed by atoms with Gasteiger partial charge in [0.2, 0.25) is 0 Å². The van der Waals surface area contributed by atoms with E-state index in [0.29, 0.717) is 23.2 Å². The number of nitrogens with zero attached hydrogens (tertiary/aromatic N) is 1. The van der Waals surface area contributed by atoms with E-state index in [1.807, 2.05) is 24.3 Å². The van der Waals surface area contributed by atoms with Crippen molar-refractivity contribution in [2.45, 2.75) is 43.9 Å². The van der Waals surface area contributed by atoms with Gasteiger partial charge in [0.25, 0.3) is 0 Å². The van der Waals surface area contributed by atoms with Crippen molar-refractivity contribution in [3.63, 3.8) is 0 Å². The fourth-order valence-electron chi connectivity index (χ4n) is 3.64. The van der Waals surface area contributed by atoms with E-state index in [0.717, 1.165) is 29.7 Å². The lowest BCUT2D eigenvalue weighted by molar-refractivity contribution is 0.137. The minimum atomic E-state index is 0.294. The summed E-state index contributed by atoms with van der Waals surface area (Å²) in [6, 6.07) is 11.2. The summed E-state index contributed by atoms with van der Waals surface area (Å²) in [5.74, 6) is 0.866. The van der Waals surface area contributed by atoms with E-state index >= 15 is 0 Å². The third kappa shape index (κ3) is 2.96. The van der Waals surface area contributed by atoms with Crippen LogP contribution in [0.2, 0.25) is 5.02 Å². The summed E-state index contributed by atoms with van der Waals surface area (Å²) < 4.78 is 6.24. The largest absolute Gasteiger partial charge is 0.490 e. The Kier molecular flexibility index (Phi) is 3.77. The minimum Gasteiger partial charge on any atom is -0.490 e. The lowest BCUT2D eigenvalue weighted by Gasteiger charge is -2.29. The number of pyridine rings is 1. The molecule has 2 bridgehead atoms. The Hall–Kier alpha value is -1.58. The second-order valence-corrected chi connectivity index (χ2v) is 6.70. The number of rotatable bonds is 3. The lowest BCUT2D eigenvalue weighted by Crippen LogP contribution is -2.42. The molecule has 1 aromatic heterocycles. The van der Waals surface area contributed by atoms with Crippen molar-refractivity contribution in [1.82, 2.24) is 10.3 Å². The zero-order valence-electron chi connectivity index (χ0n) is 12.3. The molecule has 2 saturated heterocycles. The first-order chi connectivity index (χ1) is 10.8. The van der Waals surface area contributed by atoms with Gasteiger partial charge in [0.15, 0.2) is 0 Å². The molecule has 0 saturated carbocycles. The van der Waals surface area contributed by atoms with Crippen molar-refractivity contribution in [1.29, 1.82) is 0 Å². The van der Waals surface area contributed by atoms with Crippen LogP contribution in [-0.2, 0) is 0 Å². The van der Waals surface area contributed by atoms with E-state index in [9.17, 15) is 0 Å². The smallest absolute Gasteiger partial charge is 0.121 e. The molecule has 0 amide bonds. The van der Waals surface area contributed by atoms with Gasteiger partial charge in [-0.1, -0.05) is 11.6 Å². The van der Waals surface area contributed by atoms with Crippen LogP contribution in [0.4, 0.5) is 0 Å². The van der Waals surface area contributed by atoms with Crippen LogP contribution in [-0.4, -0.2) is 23.2 Å². The number of nitrogens with one attached hydrogen (secondary N) is 1. The van der Waals surface area contributed by atoms with Gasteiger partial charge in [-0.15, -0.1) is 0 Å². The molecule has 2 aliphatic rings. The van der Waals surface area contributed by atoms with Crippen LogP contribution in [0.3, 0.4) is 0 Å². The van der Waals surface area contributed by atoms with Crippen LogP contribution in [0.15, 0.2) is 42.7 Å². The van der Waals surface area contributed by atoms with Gasteiger partial charge in [-0.2, -0.15) is 0 Å². The van der Waals surface area contributed by atoms with Gasteiger partial charge in [-0.05, 0) is 67.1 Å². The lowest BCUT2D eigenvalue weighted by atomic mass is 10.0. The van der Waals surface area contributed by atoms with Crippen molar-refractivity contribution >= 4 is 11.6 Å². The molecule has 3 heterocycles. The molecule has 3 atom stereocenters. The van der Waals surface area contributed by atoms with E-state index in [1.54, 1.807) is 12.4 Å². The van der Waals surface area contributed by atoms with Gasteiger partial charge in [0.1, 0.15) is 11.9 Å². The highest BCUT2D eigenvalue weighted by molar-refractivity contribution is 6.31. The van der Waals surface area contributed by atoms with Crippen LogP contribution >= 0.6 is 11.6 Å². The number of fused-ring (bicyclic) bond motifs is 2. The quantitative estimate of drug-likeness (QED) is 0.927. The fraction of sp³-hybridized carbons (Fsp3) is 0.389. The summed E-state index contributed by atoms with van der Waals surface area (Å²) in [5, 5.41) is 4.35. The zero-order valence-corrected chi connectivity index (χ0v) is 13.1. The van der Waals surface area contributed by atoms with E-state index in [2.05, 4.69) is 16.4 Å². The number of hydrogen-bond acceptors (Lipinski definition) is 3. The van der Waals surface area contributed by atoms with Gasteiger partial charge >= 0.3 is 0 Å². The summed E-state index contributed by atoms with van der Waals surface area (Å²) in [6.07, 6.45) is 8.62. The second-order valence-electron chi connectivity index (χ2n) is 6.26. The van der Waals surface area contributed by atoms with Crippen LogP contribution in [0.25, 0.3) is 11.1 Å². The Morgan fingerprint density at radius 2 is 1.73 bits per heavy atom. The number of benzene rings is 1. The standard InChI is InChI=1S/C18H19ClN2O/c19-14-7-13(12-3-5-20-6-4-12)8-17(9-14)22-18-10-15-1-2-16(11-18)21-15/h3-9,15-16,18,21H,1-2,10-11H2/t15-,16+,18-. The average Bonchev–Trinajstić information content (AvgIpc) is 2.86. The van der Waals surface area contributed by atoms with Crippen LogP contribution < -0.4 is 10.1 Å². The van der Waals surface area contributed by atoms with Crippen LogP contribution in [0.1, 0.15) is 25.7 Å². The molecule has 0 radical (unpaired) electrons. The van der Waals surface area contributed by atoms with E-state index < -0.39 is 0 Å². The van der Waals surface area contributed by atoms with Gasteiger partial charge in [-0.3, -0.25) is 4.98 Å². The van der Waals surface area contributed by atoms with Gasteiger partial charge in [-0.25, -0.2) is 0 Å². The molecule has 4 heteroatoms. The molecule has 2 aliphatic heterocycles. The second kappa shape index (κ2) is 5.90. The highest BCUT2D eigenvalue weighted by atomic mass is 35.5. The van der Waals surface area contributed by atoms with Gasteiger partial charge in [0, 0.05) is 29.5 Å². The summed E-state index contributed by atoms with van der Waals surface area (Å²) >= 11 is 6.28. The minimum absolute atomic E-state index is 0.294. The van der Waals surface area contributed by atoms with Crippen molar-refractivity contribution in [2.24, 2.45) is 0 Å². The fourth-order valence-corrected chi connectivity index (χ4v) is 3.86. The first-order valence-electron chi connectivity index (χ1n) is 7.90. The number of aromatic nitrogens is 1. The summed E-state index contributed by atoms with van der Waals surface area (Å²) in [4.78, 5) is 4.06. The number of halogens is 1. The molecule has 114 valence electrons.